The summed E-state index contributed by atoms with van der Waals surface area (Å²) in [6.45, 7) is 8.70. The number of carbonyl (C=O) groups excluding carboxylic acids is 1. The number of alkyl carbamates (subject to hydrolysis) is 1. The molecule has 0 spiro atoms. The van der Waals surface area contributed by atoms with Crippen molar-refractivity contribution < 1.29 is 13.9 Å². The van der Waals surface area contributed by atoms with E-state index in [1.54, 1.807) is 0 Å². The van der Waals surface area contributed by atoms with Crippen molar-refractivity contribution in [2.75, 3.05) is 13.1 Å². The van der Waals surface area contributed by atoms with Crippen molar-refractivity contribution in [3.8, 4) is 0 Å². The molecule has 1 aromatic rings. The van der Waals surface area contributed by atoms with Gasteiger partial charge in [0.25, 0.3) is 0 Å². The molecule has 3 atom stereocenters. The highest BCUT2D eigenvalue weighted by atomic mass is 19.1. The molecule has 3 rings (SSSR count). The van der Waals surface area contributed by atoms with E-state index in [2.05, 4.69) is 29.3 Å². The number of hydrogen-bond donors (Lipinski definition) is 1. The first-order valence-corrected chi connectivity index (χ1v) is 9.14. The predicted molar refractivity (Wildman–Crippen MR) is 96.2 cm³/mol. The lowest BCUT2D eigenvalue weighted by molar-refractivity contribution is 0.0461. The third-order valence-electron chi connectivity index (χ3n) is 5.35. The van der Waals surface area contributed by atoms with Gasteiger partial charge in [-0.3, -0.25) is 4.90 Å². The maximum Gasteiger partial charge on any atom is 0.408 e. The molecule has 2 unspecified atom stereocenters. The van der Waals surface area contributed by atoms with E-state index >= 15 is 0 Å². The fourth-order valence-corrected chi connectivity index (χ4v) is 3.80. The van der Waals surface area contributed by atoms with E-state index in [0.717, 1.165) is 12.8 Å². The fourth-order valence-electron chi connectivity index (χ4n) is 3.80. The second kappa shape index (κ2) is 6.60. The lowest BCUT2D eigenvalue weighted by Crippen LogP contribution is -2.47. The monoisotopic (exact) mass is 348 g/mol. The van der Waals surface area contributed by atoms with Crippen LogP contribution >= 0.6 is 0 Å². The Morgan fingerprint density at radius 3 is 2.48 bits per heavy atom. The van der Waals surface area contributed by atoms with Crippen LogP contribution in [0.4, 0.5) is 9.18 Å². The summed E-state index contributed by atoms with van der Waals surface area (Å²) < 4.78 is 20.2. The molecule has 1 heterocycles. The van der Waals surface area contributed by atoms with Gasteiger partial charge < -0.3 is 10.1 Å². The molecule has 1 aliphatic heterocycles. The van der Waals surface area contributed by atoms with E-state index in [1.807, 2.05) is 39.0 Å². The third kappa shape index (κ3) is 4.14. The molecular weight excluding hydrogens is 319 g/mol. The lowest BCUT2D eigenvalue weighted by atomic mass is 9.95. The van der Waals surface area contributed by atoms with Gasteiger partial charge in [0.2, 0.25) is 0 Å². The Labute approximate surface area is 149 Å². The zero-order chi connectivity index (χ0) is 18.2. The largest absolute Gasteiger partial charge is 0.444 e. The molecule has 1 N–H and O–H groups in total. The number of rotatable bonds is 4. The molecule has 138 valence electrons. The van der Waals surface area contributed by atoms with Gasteiger partial charge in [-0.1, -0.05) is 30.3 Å². The SMILES string of the molecule is C[C@@H](c1ccccc1)N1CC(F)C(C2(NC(=O)OC(C)(C)C)CC2)C1. The van der Waals surface area contributed by atoms with Gasteiger partial charge >= 0.3 is 6.09 Å². The van der Waals surface area contributed by atoms with Crippen molar-refractivity contribution in [3.05, 3.63) is 35.9 Å². The number of nitrogens with zero attached hydrogens (tertiary/aromatic N) is 1. The Bertz CT molecular complexity index is 610. The summed E-state index contributed by atoms with van der Waals surface area (Å²) in [5, 5.41) is 2.97. The van der Waals surface area contributed by atoms with Crippen LogP contribution in [0.1, 0.15) is 52.1 Å². The molecule has 2 fully saturated rings. The molecule has 1 saturated heterocycles. The second-order valence-corrected chi connectivity index (χ2v) is 8.45. The first-order chi connectivity index (χ1) is 11.7. The summed E-state index contributed by atoms with van der Waals surface area (Å²) >= 11 is 0. The average Bonchev–Trinajstić information content (AvgIpc) is 3.18. The minimum absolute atomic E-state index is 0.168. The Balaban J connectivity index is 1.64. The summed E-state index contributed by atoms with van der Waals surface area (Å²) in [7, 11) is 0. The topological polar surface area (TPSA) is 41.6 Å². The number of benzene rings is 1. The quantitative estimate of drug-likeness (QED) is 0.892. The van der Waals surface area contributed by atoms with E-state index in [9.17, 15) is 9.18 Å². The van der Waals surface area contributed by atoms with Crippen LogP contribution in [0, 0.1) is 5.92 Å². The van der Waals surface area contributed by atoms with Gasteiger partial charge in [0.15, 0.2) is 0 Å². The van der Waals surface area contributed by atoms with Crippen molar-refractivity contribution in [1.82, 2.24) is 10.2 Å². The number of nitrogens with one attached hydrogen (secondary N) is 1. The smallest absolute Gasteiger partial charge is 0.408 e. The van der Waals surface area contributed by atoms with Gasteiger partial charge in [0, 0.05) is 25.0 Å². The molecule has 5 heteroatoms. The maximum absolute atomic E-state index is 14.8. The van der Waals surface area contributed by atoms with Gasteiger partial charge in [-0.25, -0.2) is 9.18 Å². The first kappa shape index (κ1) is 18.2. The van der Waals surface area contributed by atoms with E-state index in [-0.39, 0.29) is 12.0 Å². The summed E-state index contributed by atoms with van der Waals surface area (Å²) in [6, 6.07) is 10.3. The van der Waals surface area contributed by atoms with Gasteiger partial charge in [0.1, 0.15) is 11.8 Å². The molecule has 1 saturated carbocycles. The molecule has 0 bridgehead atoms. The molecule has 1 aromatic carbocycles. The number of halogens is 1. The zero-order valence-corrected chi connectivity index (χ0v) is 15.6. The van der Waals surface area contributed by atoms with Gasteiger partial charge in [-0.15, -0.1) is 0 Å². The molecule has 2 aliphatic rings. The molecule has 4 nitrogen and oxygen atoms in total. The molecule has 0 radical (unpaired) electrons. The van der Waals surface area contributed by atoms with Gasteiger partial charge in [0.05, 0.1) is 5.54 Å². The minimum Gasteiger partial charge on any atom is -0.444 e. The van der Waals surface area contributed by atoms with Crippen LogP contribution in [0.25, 0.3) is 0 Å². The van der Waals surface area contributed by atoms with Crippen LogP contribution in [0.5, 0.6) is 0 Å². The summed E-state index contributed by atoms with van der Waals surface area (Å²) in [6.07, 6.45) is 0.283. The number of alkyl halides is 1. The normalized spacial score (nSPS) is 26.9. The average molecular weight is 348 g/mol. The van der Waals surface area contributed by atoms with Crippen molar-refractivity contribution in [2.24, 2.45) is 5.92 Å². The third-order valence-corrected chi connectivity index (χ3v) is 5.35. The van der Waals surface area contributed by atoms with Gasteiger partial charge in [-0.05, 0) is 46.1 Å². The van der Waals surface area contributed by atoms with Crippen molar-refractivity contribution in [1.29, 1.82) is 0 Å². The number of amides is 1. The molecule has 1 amide bonds. The Morgan fingerprint density at radius 2 is 1.92 bits per heavy atom. The van der Waals surface area contributed by atoms with E-state index in [1.165, 1.54) is 5.56 Å². The van der Waals surface area contributed by atoms with Gasteiger partial charge in [-0.2, -0.15) is 0 Å². The zero-order valence-electron chi connectivity index (χ0n) is 15.6. The number of carbonyl (C=O) groups is 1. The second-order valence-electron chi connectivity index (χ2n) is 8.45. The minimum atomic E-state index is -0.927. The standard InChI is InChI=1S/C20H29FN2O2/c1-14(15-8-6-5-7-9-15)23-12-16(17(21)13-23)20(10-11-20)22-18(24)25-19(2,3)4/h5-9,14,16-17H,10-13H2,1-4H3,(H,22,24)/t14-,16?,17?/m0/s1. The van der Waals surface area contributed by atoms with Crippen LogP contribution in [-0.2, 0) is 4.74 Å². The first-order valence-electron chi connectivity index (χ1n) is 9.14. The predicted octanol–water partition coefficient (Wildman–Crippen LogP) is 4.07. The highest BCUT2D eigenvalue weighted by Crippen LogP contribution is 2.48. The number of ether oxygens (including phenoxy) is 1. The van der Waals surface area contributed by atoms with Crippen LogP contribution < -0.4 is 5.32 Å². The highest BCUT2D eigenvalue weighted by Gasteiger charge is 2.57. The van der Waals surface area contributed by atoms with Crippen molar-refractivity contribution in [2.45, 2.75) is 63.9 Å². The van der Waals surface area contributed by atoms with E-state index in [4.69, 9.17) is 4.74 Å². The van der Waals surface area contributed by atoms with Crippen LogP contribution in [0.2, 0.25) is 0 Å². The highest BCUT2D eigenvalue weighted by molar-refractivity contribution is 5.69. The number of likely N-dealkylation sites (tertiary alicyclic amines) is 1. The van der Waals surface area contributed by atoms with Crippen LogP contribution in [0.15, 0.2) is 30.3 Å². The van der Waals surface area contributed by atoms with Crippen LogP contribution in [-0.4, -0.2) is 41.4 Å². The van der Waals surface area contributed by atoms with E-state index < -0.39 is 23.4 Å². The Morgan fingerprint density at radius 1 is 1.28 bits per heavy atom. The lowest BCUT2D eigenvalue weighted by Gasteiger charge is -2.29. The molecule has 25 heavy (non-hydrogen) atoms. The van der Waals surface area contributed by atoms with Crippen LogP contribution in [0.3, 0.4) is 0 Å². The maximum atomic E-state index is 14.8. The summed E-state index contributed by atoms with van der Waals surface area (Å²) in [5.41, 5.74) is 0.214. The number of hydrogen-bond acceptors (Lipinski definition) is 3. The Hall–Kier alpha value is -1.62. The van der Waals surface area contributed by atoms with E-state index in [0.29, 0.717) is 13.1 Å². The fraction of sp³-hybridized carbons (Fsp3) is 0.650. The van der Waals surface area contributed by atoms with Crippen molar-refractivity contribution >= 4 is 6.09 Å². The summed E-state index contributed by atoms with van der Waals surface area (Å²) in [4.78, 5) is 14.3. The molecule has 1 aliphatic carbocycles. The summed E-state index contributed by atoms with van der Waals surface area (Å²) in [5.74, 6) is -0.175. The van der Waals surface area contributed by atoms with Crippen molar-refractivity contribution in [3.63, 3.8) is 0 Å². The molecule has 0 aromatic heterocycles. The Kier molecular flexibility index (Phi) is 4.80. The molecular formula is C20H29FN2O2.